The highest BCUT2D eigenvalue weighted by atomic mass is 79.9. The highest BCUT2D eigenvalue weighted by Crippen LogP contribution is 2.34. The van der Waals surface area contributed by atoms with Crippen molar-refractivity contribution in [2.75, 3.05) is 5.32 Å². The maximum Gasteiger partial charge on any atom is 0.416 e. The Bertz CT molecular complexity index is 612. The van der Waals surface area contributed by atoms with Gasteiger partial charge in [-0.15, -0.1) is 0 Å². The summed E-state index contributed by atoms with van der Waals surface area (Å²) in [5.74, 6) is 0.587. The third kappa shape index (κ3) is 3.50. The fourth-order valence-electron chi connectivity index (χ4n) is 1.82. The van der Waals surface area contributed by atoms with Crippen molar-refractivity contribution >= 4 is 21.7 Å². The standard InChI is InChI=1S/C14H12BrF3N2/c1-9-3-2-6-19-13(9)20-8-10-4-5-11(15)7-12(10)14(16,17)18/h2-7H,8H2,1H3,(H,19,20). The molecular formula is C14H12BrF3N2. The van der Waals surface area contributed by atoms with Gasteiger partial charge >= 0.3 is 6.18 Å². The van der Waals surface area contributed by atoms with E-state index in [2.05, 4.69) is 26.2 Å². The zero-order valence-corrected chi connectivity index (χ0v) is 12.2. The molecule has 6 heteroatoms. The van der Waals surface area contributed by atoms with Gasteiger partial charge in [-0.25, -0.2) is 4.98 Å². The van der Waals surface area contributed by atoms with Gasteiger partial charge in [0.1, 0.15) is 5.82 Å². The molecular weight excluding hydrogens is 333 g/mol. The van der Waals surface area contributed by atoms with E-state index in [1.807, 2.05) is 13.0 Å². The zero-order valence-electron chi connectivity index (χ0n) is 10.6. The second kappa shape index (κ2) is 5.83. The van der Waals surface area contributed by atoms with Crippen LogP contribution >= 0.6 is 15.9 Å². The molecule has 0 fully saturated rings. The molecule has 0 saturated carbocycles. The molecule has 0 unspecified atom stereocenters. The van der Waals surface area contributed by atoms with Crippen LogP contribution in [-0.4, -0.2) is 4.98 Å². The monoisotopic (exact) mass is 344 g/mol. The summed E-state index contributed by atoms with van der Waals surface area (Å²) in [7, 11) is 0. The van der Waals surface area contributed by atoms with Gasteiger partial charge in [-0.3, -0.25) is 0 Å². The van der Waals surface area contributed by atoms with E-state index >= 15 is 0 Å². The number of aromatic nitrogens is 1. The number of hydrogen-bond acceptors (Lipinski definition) is 2. The molecule has 0 radical (unpaired) electrons. The fraction of sp³-hybridized carbons (Fsp3) is 0.214. The number of anilines is 1. The van der Waals surface area contributed by atoms with Crippen molar-refractivity contribution in [2.45, 2.75) is 19.6 Å². The van der Waals surface area contributed by atoms with E-state index in [4.69, 9.17) is 0 Å². The Labute approximate surface area is 123 Å². The first-order chi connectivity index (χ1) is 9.38. The Kier molecular flexibility index (Phi) is 4.32. The lowest BCUT2D eigenvalue weighted by Gasteiger charge is -2.15. The number of alkyl halides is 3. The third-order valence-corrected chi connectivity index (χ3v) is 3.33. The first-order valence-corrected chi connectivity index (χ1v) is 6.68. The molecule has 0 aliphatic rings. The van der Waals surface area contributed by atoms with Crippen molar-refractivity contribution < 1.29 is 13.2 Å². The fourth-order valence-corrected chi connectivity index (χ4v) is 2.18. The van der Waals surface area contributed by atoms with Gasteiger partial charge in [0.2, 0.25) is 0 Å². The summed E-state index contributed by atoms with van der Waals surface area (Å²) in [6, 6.07) is 7.76. The van der Waals surface area contributed by atoms with Crippen molar-refractivity contribution in [3.05, 3.63) is 57.7 Å². The molecule has 0 aliphatic carbocycles. The SMILES string of the molecule is Cc1cccnc1NCc1ccc(Br)cc1C(F)(F)F. The zero-order chi connectivity index (χ0) is 14.8. The van der Waals surface area contributed by atoms with Crippen LogP contribution in [0, 0.1) is 6.92 Å². The van der Waals surface area contributed by atoms with Gasteiger partial charge in [0.15, 0.2) is 0 Å². The van der Waals surface area contributed by atoms with Crippen LogP contribution in [0.3, 0.4) is 0 Å². The Balaban J connectivity index is 2.24. The minimum absolute atomic E-state index is 0.0694. The number of benzene rings is 1. The number of aryl methyl sites for hydroxylation is 1. The molecule has 0 saturated heterocycles. The minimum Gasteiger partial charge on any atom is -0.366 e. The average Bonchev–Trinajstić information content (AvgIpc) is 2.38. The van der Waals surface area contributed by atoms with Gasteiger partial charge in [-0.2, -0.15) is 13.2 Å². The molecule has 2 rings (SSSR count). The molecule has 0 atom stereocenters. The molecule has 1 N–H and O–H groups in total. The minimum atomic E-state index is -4.38. The van der Waals surface area contributed by atoms with Crippen molar-refractivity contribution in [1.29, 1.82) is 0 Å². The lowest BCUT2D eigenvalue weighted by atomic mass is 10.1. The molecule has 2 aromatic rings. The van der Waals surface area contributed by atoms with Gasteiger partial charge < -0.3 is 5.32 Å². The van der Waals surface area contributed by atoms with Gasteiger partial charge in [0, 0.05) is 17.2 Å². The van der Waals surface area contributed by atoms with Crippen LogP contribution in [0.5, 0.6) is 0 Å². The van der Waals surface area contributed by atoms with E-state index in [-0.39, 0.29) is 12.1 Å². The van der Waals surface area contributed by atoms with Crippen molar-refractivity contribution in [3.8, 4) is 0 Å². The van der Waals surface area contributed by atoms with Crippen LogP contribution < -0.4 is 5.32 Å². The summed E-state index contributed by atoms with van der Waals surface area (Å²) in [6.07, 6.45) is -2.78. The summed E-state index contributed by atoms with van der Waals surface area (Å²) in [4.78, 5) is 4.10. The predicted molar refractivity (Wildman–Crippen MR) is 75.4 cm³/mol. The quantitative estimate of drug-likeness (QED) is 0.866. The van der Waals surface area contributed by atoms with E-state index in [0.717, 1.165) is 11.6 Å². The van der Waals surface area contributed by atoms with Crippen LogP contribution in [0.1, 0.15) is 16.7 Å². The summed E-state index contributed by atoms with van der Waals surface area (Å²) in [5.41, 5.74) is 0.428. The maximum atomic E-state index is 13.0. The Morgan fingerprint density at radius 1 is 1.25 bits per heavy atom. The third-order valence-electron chi connectivity index (χ3n) is 2.83. The predicted octanol–water partition coefficient (Wildman–Crippen LogP) is 4.78. The van der Waals surface area contributed by atoms with E-state index in [0.29, 0.717) is 10.3 Å². The van der Waals surface area contributed by atoms with Crippen LogP contribution in [0.15, 0.2) is 41.0 Å². The van der Waals surface area contributed by atoms with Crippen LogP contribution in [0.2, 0.25) is 0 Å². The van der Waals surface area contributed by atoms with Gasteiger partial charge in [0.05, 0.1) is 5.56 Å². The molecule has 20 heavy (non-hydrogen) atoms. The number of nitrogens with one attached hydrogen (secondary N) is 1. The van der Waals surface area contributed by atoms with Gasteiger partial charge in [0.25, 0.3) is 0 Å². The van der Waals surface area contributed by atoms with E-state index in [1.165, 1.54) is 6.07 Å². The molecule has 0 aliphatic heterocycles. The summed E-state index contributed by atoms with van der Waals surface area (Å²) in [5, 5.41) is 2.93. The molecule has 2 nitrogen and oxygen atoms in total. The van der Waals surface area contributed by atoms with Crippen LogP contribution in [0.4, 0.5) is 19.0 Å². The largest absolute Gasteiger partial charge is 0.416 e. The maximum absolute atomic E-state index is 13.0. The number of nitrogens with zero attached hydrogens (tertiary/aromatic N) is 1. The van der Waals surface area contributed by atoms with Crippen LogP contribution in [0.25, 0.3) is 0 Å². The highest BCUT2D eigenvalue weighted by Gasteiger charge is 2.33. The lowest BCUT2D eigenvalue weighted by molar-refractivity contribution is -0.138. The molecule has 0 amide bonds. The number of hydrogen-bond donors (Lipinski definition) is 1. The molecule has 1 aromatic carbocycles. The highest BCUT2D eigenvalue weighted by molar-refractivity contribution is 9.10. The summed E-state index contributed by atoms with van der Waals surface area (Å²) >= 11 is 3.06. The molecule has 1 heterocycles. The molecule has 106 valence electrons. The van der Waals surface area contributed by atoms with Crippen molar-refractivity contribution in [2.24, 2.45) is 0 Å². The number of halogens is 4. The lowest BCUT2D eigenvalue weighted by Crippen LogP contribution is -2.12. The van der Waals surface area contributed by atoms with Crippen molar-refractivity contribution in [1.82, 2.24) is 4.98 Å². The number of rotatable bonds is 3. The van der Waals surface area contributed by atoms with E-state index in [9.17, 15) is 13.2 Å². The van der Waals surface area contributed by atoms with E-state index < -0.39 is 11.7 Å². The Hall–Kier alpha value is -1.56. The van der Waals surface area contributed by atoms with E-state index in [1.54, 1.807) is 18.3 Å². The Morgan fingerprint density at radius 3 is 2.65 bits per heavy atom. The molecule has 1 aromatic heterocycles. The topological polar surface area (TPSA) is 24.9 Å². The van der Waals surface area contributed by atoms with Gasteiger partial charge in [-0.1, -0.05) is 28.1 Å². The second-order valence-electron chi connectivity index (χ2n) is 4.32. The Morgan fingerprint density at radius 2 is 2.00 bits per heavy atom. The molecule has 0 spiro atoms. The summed E-state index contributed by atoms with van der Waals surface area (Å²) < 4.78 is 39.3. The van der Waals surface area contributed by atoms with Crippen molar-refractivity contribution in [3.63, 3.8) is 0 Å². The van der Waals surface area contributed by atoms with Gasteiger partial charge in [-0.05, 0) is 36.2 Å². The second-order valence-corrected chi connectivity index (χ2v) is 5.24. The number of pyridine rings is 1. The first-order valence-electron chi connectivity index (χ1n) is 5.89. The van der Waals surface area contributed by atoms with Crippen LogP contribution in [-0.2, 0) is 12.7 Å². The first kappa shape index (κ1) is 14.8. The molecule has 0 bridgehead atoms. The summed E-state index contributed by atoms with van der Waals surface area (Å²) in [6.45, 7) is 1.92. The normalized spacial score (nSPS) is 11.4. The average molecular weight is 345 g/mol. The smallest absolute Gasteiger partial charge is 0.366 e.